The fraction of sp³-hybridized carbons (Fsp3) is 0.429. The van der Waals surface area contributed by atoms with Crippen molar-refractivity contribution in [1.29, 1.82) is 0 Å². The van der Waals surface area contributed by atoms with Gasteiger partial charge in [-0.15, -0.1) is 0 Å². The standard InChI is InChI=1S/C14H16BrNO3/c1-8(2)13-10-4-3-9(15)7-11(10)16(14(13)19)6-5-12(17)18/h3-4,7-8,13H,5-6H2,1-2H3,(H,17,18). The normalized spacial score (nSPS) is 18.0. The summed E-state index contributed by atoms with van der Waals surface area (Å²) in [6.07, 6.45) is -0.0392. The Morgan fingerprint density at radius 3 is 2.74 bits per heavy atom. The number of fused-ring (bicyclic) bond motifs is 1. The van der Waals surface area contributed by atoms with Crippen molar-refractivity contribution in [2.75, 3.05) is 11.4 Å². The number of rotatable bonds is 4. The summed E-state index contributed by atoms with van der Waals surface area (Å²) < 4.78 is 0.892. The van der Waals surface area contributed by atoms with Crippen molar-refractivity contribution in [2.24, 2.45) is 5.92 Å². The van der Waals surface area contributed by atoms with Crippen LogP contribution >= 0.6 is 15.9 Å². The molecule has 5 heteroatoms. The fourth-order valence-corrected chi connectivity index (χ4v) is 2.86. The van der Waals surface area contributed by atoms with Gasteiger partial charge >= 0.3 is 5.97 Å². The molecule has 4 nitrogen and oxygen atoms in total. The zero-order valence-electron chi connectivity index (χ0n) is 10.9. The Balaban J connectivity index is 2.38. The van der Waals surface area contributed by atoms with Gasteiger partial charge in [0.25, 0.3) is 0 Å². The molecule has 1 aliphatic heterocycles. The van der Waals surface area contributed by atoms with E-state index >= 15 is 0 Å². The van der Waals surface area contributed by atoms with Crippen molar-refractivity contribution in [2.45, 2.75) is 26.2 Å². The molecule has 1 amide bonds. The molecule has 0 aliphatic carbocycles. The van der Waals surface area contributed by atoms with E-state index in [2.05, 4.69) is 15.9 Å². The Labute approximate surface area is 120 Å². The van der Waals surface area contributed by atoms with E-state index < -0.39 is 5.97 Å². The molecule has 0 aromatic heterocycles. The highest BCUT2D eigenvalue weighted by molar-refractivity contribution is 9.10. The zero-order chi connectivity index (χ0) is 14.2. The van der Waals surface area contributed by atoms with Crippen LogP contribution in [0.2, 0.25) is 0 Å². The van der Waals surface area contributed by atoms with E-state index in [4.69, 9.17) is 5.11 Å². The average Bonchev–Trinajstić information content (AvgIpc) is 2.58. The first-order chi connectivity index (χ1) is 8.91. The smallest absolute Gasteiger partial charge is 0.305 e. The van der Waals surface area contributed by atoms with Gasteiger partial charge in [-0.3, -0.25) is 9.59 Å². The highest BCUT2D eigenvalue weighted by Crippen LogP contribution is 2.42. The molecule has 0 bridgehead atoms. The average molecular weight is 326 g/mol. The minimum Gasteiger partial charge on any atom is -0.481 e. The summed E-state index contributed by atoms with van der Waals surface area (Å²) in [7, 11) is 0. The number of nitrogens with zero attached hydrogens (tertiary/aromatic N) is 1. The van der Waals surface area contributed by atoms with Crippen LogP contribution in [0, 0.1) is 5.92 Å². The second-order valence-corrected chi connectivity index (χ2v) is 5.97. The van der Waals surface area contributed by atoms with Crippen molar-refractivity contribution in [3.8, 4) is 0 Å². The Morgan fingerprint density at radius 1 is 1.47 bits per heavy atom. The maximum Gasteiger partial charge on any atom is 0.305 e. The first kappa shape index (κ1) is 14.1. The number of aliphatic carboxylic acids is 1. The molecule has 0 saturated heterocycles. The summed E-state index contributed by atoms with van der Waals surface area (Å²) in [6.45, 7) is 4.24. The molecule has 2 rings (SSSR count). The highest BCUT2D eigenvalue weighted by Gasteiger charge is 2.38. The third kappa shape index (κ3) is 2.66. The van der Waals surface area contributed by atoms with Gasteiger partial charge in [0.1, 0.15) is 0 Å². The first-order valence-electron chi connectivity index (χ1n) is 6.24. The van der Waals surface area contributed by atoms with Crippen LogP contribution in [0.5, 0.6) is 0 Å². The third-order valence-corrected chi connectivity index (χ3v) is 3.86. The second-order valence-electron chi connectivity index (χ2n) is 5.06. The molecule has 1 atom stereocenters. The van der Waals surface area contributed by atoms with E-state index in [1.165, 1.54) is 0 Å². The van der Waals surface area contributed by atoms with Crippen LogP contribution < -0.4 is 4.90 Å². The molecular weight excluding hydrogens is 310 g/mol. The molecule has 19 heavy (non-hydrogen) atoms. The quantitative estimate of drug-likeness (QED) is 0.925. The number of carbonyl (C=O) groups excluding carboxylic acids is 1. The van der Waals surface area contributed by atoms with Gasteiger partial charge in [-0.2, -0.15) is 0 Å². The number of anilines is 1. The lowest BCUT2D eigenvalue weighted by Crippen LogP contribution is -2.32. The predicted molar refractivity (Wildman–Crippen MR) is 76.3 cm³/mol. The second kappa shape index (κ2) is 5.33. The van der Waals surface area contributed by atoms with E-state index in [9.17, 15) is 9.59 Å². The van der Waals surface area contributed by atoms with Gasteiger partial charge in [-0.05, 0) is 23.6 Å². The summed E-state index contributed by atoms with van der Waals surface area (Å²) in [5, 5.41) is 8.79. The highest BCUT2D eigenvalue weighted by atomic mass is 79.9. The number of carboxylic acid groups (broad SMARTS) is 1. The molecule has 1 aromatic carbocycles. The van der Waals surface area contributed by atoms with Crippen LogP contribution in [0.3, 0.4) is 0 Å². The number of carbonyl (C=O) groups is 2. The van der Waals surface area contributed by atoms with E-state index in [0.29, 0.717) is 0 Å². The Kier molecular flexibility index (Phi) is 3.94. The number of carboxylic acids is 1. The van der Waals surface area contributed by atoms with Gasteiger partial charge in [-0.25, -0.2) is 0 Å². The van der Waals surface area contributed by atoms with Crippen LogP contribution in [0.25, 0.3) is 0 Å². The molecule has 0 fully saturated rings. The number of hydrogen-bond donors (Lipinski definition) is 1. The van der Waals surface area contributed by atoms with Gasteiger partial charge in [0.15, 0.2) is 0 Å². The maximum absolute atomic E-state index is 12.4. The minimum atomic E-state index is -0.891. The van der Waals surface area contributed by atoms with E-state index in [0.717, 1.165) is 15.7 Å². The van der Waals surface area contributed by atoms with Crippen LogP contribution in [0.4, 0.5) is 5.69 Å². The summed E-state index contributed by atoms with van der Waals surface area (Å²) in [5.74, 6) is -0.860. The lowest BCUT2D eigenvalue weighted by Gasteiger charge is -2.18. The number of hydrogen-bond acceptors (Lipinski definition) is 2. The van der Waals surface area contributed by atoms with E-state index in [-0.39, 0.29) is 30.7 Å². The van der Waals surface area contributed by atoms with Crippen LogP contribution in [-0.2, 0) is 9.59 Å². The molecule has 1 heterocycles. The van der Waals surface area contributed by atoms with Gasteiger partial charge in [-0.1, -0.05) is 35.8 Å². The lowest BCUT2D eigenvalue weighted by atomic mass is 9.90. The third-order valence-electron chi connectivity index (χ3n) is 3.37. The predicted octanol–water partition coefficient (Wildman–Crippen LogP) is 3.01. The van der Waals surface area contributed by atoms with Gasteiger partial charge < -0.3 is 10.0 Å². The summed E-state index contributed by atoms with van der Waals surface area (Å²) in [5.41, 5.74) is 1.83. The summed E-state index contributed by atoms with van der Waals surface area (Å²) >= 11 is 3.40. The fourth-order valence-electron chi connectivity index (χ4n) is 2.52. The van der Waals surface area contributed by atoms with E-state index in [1.807, 2.05) is 32.0 Å². The van der Waals surface area contributed by atoms with Gasteiger partial charge in [0.2, 0.25) is 5.91 Å². The van der Waals surface area contributed by atoms with Crippen molar-refractivity contribution >= 4 is 33.5 Å². The number of halogens is 1. The molecule has 1 N–H and O–H groups in total. The number of benzene rings is 1. The van der Waals surface area contributed by atoms with Crippen LogP contribution in [0.15, 0.2) is 22.7 Å². The van der Waals surface area contributed by atoms with Crippen molar-refractivity contribution < 1.29 is 14.7 Å². The summed E-state index contributed by atoms with van der Waals surface area (Å²) in [6, 6.07) is 5.75. The molecule has 0 spiro atoms. The van der Waals surface area contributed by atoms with Gasteiger partial charge in [0.05, 0.1) is 12.3 Å². The molecule has 1 unspecified atom stereocenters. The molecule has 1 aromatic rings. The molecule has 0 saturated carbocycles. The molecular formula is C14H16BrNO3. The van der Waals surface area contributed by atoms with Crippen molar-refractivity contribution in [3.05, 3.63) is 28.2 Å². The molecule has 0 radical (unpaired) electrons. The lowest BCUT2D eigenvalue weighted by molar-refractivity contribution is -0.136. The Hall–Kier alpha value is -1.36. The topological polar surface area (TPSA) is 57.6 Å². The SMILES string of the molecule is CC(C)C1C(=O)N(CCC(=O)O)c2cc(Br)ccc21. The van der Waals surface area contributed by atoms with Crippen LogP contribution in [-0.4, -0.2) is 23.5 Å². The Bertz CT molecular complexity index is 527. The first-order valence-corrected chi connectivity index (χ1v) is 7.03. The van der Waals surface area contributed by atoms with Crippen molar-refractivity contribution in [3.63, 3.8) is 0 Å². The number of amides is 1. The zero-order valence-corrected chi connectivity index (χ0v) is 12.5. The van der Waals surface area contributed by atoms with Crippen LogP contribution in [0.1, 0.15) is 31.7 Å². The summed E-state index contributed by atoms with van der Waals surface area (Å²) in [4.78, 5) is 24.8. The molecule has 1 aliphatic rings. The maximum atomic E-state index is 12.4. The van der Waals surface area contributed by atoms with Crippen molar-refractivity contribution in [1.82, 2.24) is 0 Å². The Morgan fingerprint density at radius 2 is 2.16 bits per heavy atom. The molecule has 102 valence electrons. The van der Waals surface area contributed by atoms with Gasteiger partial charge in [0, 0.05) is 16.7 Å². The largest absolute Gasteiger partial charge is 0.481 e. The van der Waals surface area contributed by atoms with E-state index in [1.54, 1.807) is 4.90 Å². The minimum absolute atomic E-state index is 0.00403. The monoisotopic (exact) mass is 325 g/mol.